The first-order valence-corrected chi connectivity index (χ1v) is 5.89. The molecule has 5 N–H and O–H groups in total. The molecule has 1 aromatic rings. The average molecular weight is 252 g/mol. The number of hydrogen-bond donors (Lipinski definition) is 3. The Bertz CT molecular complexity index is 403. The first-order valence-electron chi connectivity index (χ1n) is 5.89. The molecular formula is C12H20N4O2. The fraction of sp³-hybridized carbons (Fsp3) is 0.500. The Morgan fingerprint density at radius 3 is 2.89 bits per heavy atom. The summed E-state index contributed by atoms with van der Waals surface area (Å²) in [6, 6.07) is 1.72. The molecule has 0 bridgehead atoms. The number of aromatic nitrogens is 1. The number of carbonyl (C=O) groups excluding carboxylic acids is 1. The highest BCUT2D eigenvalue weighted by Crippen LogP contribution is 2.15. The lowest BCUT2D eigenvalue weighted by Gasteiger charge is -2.18. The van der Waals surface area contributed by atoms with Gasteiger partial charge in [-0.25, -0.2) is 4.98 Å². The molecule has 1 aromatic heterocycles. The number of primary amides is 1. The highest BCUT2D eigenvalue weighted by Gasteiger charge is 2.11. The third-order valence-electron chi connectivity index (χ3n) is 2.56. The second kappa shape index (κ2) is 6.80. The summed E-state index contributed by atoms with van der Waals surface area (Å²) in [6.07, 6.45) is 3.41. The SMILES string of the molecule is CCCC(COC)Nc1cc(C(N)=O)c(N)cn1. The van der Waals surface area contributed by atoms with Crippen LogP contribution in [0.25, 0.3) is 0 Å². The molecule has 18 heavy (non-hydrogen) atoms. The van der Waals surface area contributed by atoms with E-state index in [4.69, 9.17) is 16.2 Å². The Hall–Kier alpha value is -1.82. The van der Waals surface area contributed by atoms with Gasteiger partial charge in [0, 0.05) is 7.11 Å². The van der Waals surface area contributed by atoms with Crippen molar-refractivity contribution in [1.29, 1.82) is 0 Å². The standard InChI is InChI=1S/C12H20N4O2/c1-3-4-8(7-18-2)16-11-5-9(12(14)17)10(13)6-15-11/h5-6,8H,3-4,7,13H2,1-2H3,(H2,14,17)(H,15,16). The molecule has 1 unspecified atom stereocenters. The van der Waals surface area contributed by atoms with E-state index in [0.717, 1.165) is 12.8 Å². The molecule has 0 radical (unpaired) electrons. The number of hydrogen-bond acceptors (Lipinski definition) is 5. The largest absolute Gasteiger partial charge is 0.397 e. The number of anilines is 2. The molecule has 100 valence electrons. The van der Waals surface area contributed by atoms with Gasteiger partial charge in [0.15, 0.2) is 0 Å². The van der Waals surface area contributed by atoms with Gasteiger partial charge in [-0.05, 0) is 12.5 Å². The zero-order valence-corrected chi connectivity index (χ0v) is 10.8. The minimum atomic E-state index is -0.559. The minimum absolute atomic E-state index is 0.150. The van der Waals surface area contributed by atoms with Gasteiger partial charge in [-0.3, -0.25) is 4.79 Å². The highest BCUT2D eigenvalue weighted by atomic mass is 16.5. The van der Waals surface area contributed by atoms with Crippen molar-refractivity contribution in [2.45, 2.75) is 25.8 Å². The average Bonchev–Trinajstić information content (AvgIpc) is 2.32. The van der Waals surface area contributed by atoms with Crippen molar-refractivity contribution < 1.29 is 9.53 Å². The smallest absolute Gasteiger partial charge is 0.250 e. The van der Waals surface area contributed by atoms with Crippen LogP contribution in [0.1, 0.15) is 30.1 Å². The van der Waals surface area contributed by atoms with Crippen LogP contribution in [0, 0.1) is 0 Å². The molecule has 6 heteroatoms. The fourth-order valence-electron chi connectivity index (χ4n) is 1.71. The van der Waals surface area contributed by atoms with Gasteiger partial charge in [0.2, 0.25) is 0 Å². The molecular weight excluding hydrogens is 232 g/mol. The van der Waals surface area contributed by atoms with Gasteiger partial charge in [-0.2, -0.15) is 0 Å². The fourth-order valence-corrected chi connectivity index (χ4v) is 1.71. The summed E-state index contributed by atoms with van der Waals surface area (Å²) in [7, 11) is 1.65. The monoisotopic (exact) mass is 252 g/mol. The summed E-state index contributed by atoms with van der Waals surface area (Å²) in [4.78, 5) is 15.3. The molecule has 0 aliphatic carbocycles. The molecule has 0 aliphatic rings. The van der Waals surface area contributed by atoms with Gasteiger partial charge < -0.3 is 21.5 Å². The number of methoxy groups -OCH3 is 1. The molecule has 0 spiro atoms. The van der Waals surface area contributed by atoms with E-state index in [1.807, 2.05) is 0 Å². The quantitative estimate of drug-likeness (QED) is 0.671. The first kappa shape index (κ1) is 14.2. The number of nitrogens with two attached hydrogens (primary N) is 2. The summed E-state index contributed by atoms with van der Waals surface area (Å²) < 4.78 is 5.12. The second-order valence-corrected chi connectivity index (χ2v) is 4.11. The van der Waals surface area contributed by atoms with E-state index in [2.05, 4.69) is 17.2 Å². The van der Waals surface area contributed by atoms with Gasteiger partial charge in [0.1, 0.15) is 5.82 Å². The van der Waals surface area contributed by atoms with Crippen LogP contribution < -0.4 is 16.8 Å². The topological polar surface area (TPSA) is 103 Å². The summed E-state index contributed by atoms with van der Waals surface area (Å²) >= 11 is 0. The van der Waals surface area contributed by atoms with Crippen molar-refractivity contribution in [2.75, 3.05) is 24.8 Å². The van der Waals surface area contributed by atoms with Crippen LogP contribution in [0.5, 0.6) is 0 Å². The second-order valence-electron chi connectivity index (χ2n) is 4.11. The zero-order chi connectivity index (χ0) is 13.5. The summed E-state index contributed by atoms with van der Waals surface area (Å²) in [6.45, 7) is 2.67. The number of amides is 1. The van der Waals surface area contributed by atoms with Crippen molar-refractivity contribution in [3.05, 3.63) is 17.8 Å². The summed E-state index contributed by atoms with van der Waals surface area (Å²) in [5.41, 5.74) is 11.4. The number of nitrogens with zero attached hydrogens (tertiary/aromatic N) is 1. The Kier molecular flexibility index (Phi) is 5.38. The molecule has 1 amide bonds. The molecule has 0 aliphatic heterocycles. The van der Waals surface area contributed by atoms with Crippen molar-refractivity contribution in [3.63, 3.8) is 0 Å². The maximum atomic E-state index is 11.2. The number of rotatable bonds is 7. The normalized spacial score (nSPS) is 12.1. The number of carbonyl (C=O) groups is 1. The lowest BCUT2D eigenvalue weighted by molar-refractivity contribution is 0.100. The number of nitrogens with one attached hydrogen (secondary N) is 1. The van der Waals surface area contributed by atoms with E-state index < -0.39 is 5.91 Å². The van der Waals surface area contributed by atoms with E-state index in [-0.39, 0.29) is 17.3 Å². The molecule has 6 nitrogen and oxygen atoms in total. The number of nitrogen functional groups attached to an aromatic ring is 1. The van der Waals surface area contributed by atoms with Crippen molar-refractivity contribution in [3.8, 4) is 0 Å². The highest BCUT2D eigenvalue weighted by molar-refractivity contribution is 5.98. The van der Waals surface area contributed by atoms with Crippen LogP contribution in [-0.2, 0) is 4.74 Å². The van der Waals surface area contributed by atoms with Gasteiger partial charge in [0.05, 0.1) is 30.1 Å². The predicted molar refractivity (Wildman–Crippen MR) is 71.4 cm³/mol. The third kappa shape index (κ3) is 3.89. The number of pyridine rings is 1. The maximum absolute atomic E-state index is 11.2. The first-order chi connectivity index (χ1) is 8.58. The van der Waals surface area contributed by atoms with Crippen LogP contribution >= 0.6 is 0 Å². The molecule has 1 rings (SSSR count). The lowest BCUT2D eigenvalue weighted by atomic mass is 10.1. The number of ether oxygens (including phenoxy) is 1. The molecule has 0 saturated heterocycles. The molecule has 1 heterocycles. The van der Waals surface area contributed by atoms with E-state index in [0.29, 0.717) is 12.4 Å². The lowest BCUT2D eigenvalue weighted by Crippen LogP contribution is -2.25. The molecule has 0 aromatic carbocycles. The third-order valence-corrected chi connectivity index (χ3v) is 2.56. The maximum Gasteiger partial charge on any atom is 0.250 e. The van der Waals surface area contributed by atoms with E-state index in [1.54, 1.807) is 13.2 Å². The minimum Gasteiger partial charge on any atom is -0.397 e. The Balaban J connectivity index is 2.82. The van der Waals surface area contributed by atoms with Gasteiger partial charge in [0.25, 0.3) is 5.91 Å². The van der Waals surface area contributed by atoms with Gasteiger partial charge in [-0.1, -0.05) is 13.3 Å². The predicted octanol–water partition coefficient (Wildman–Crippen LogP) is 0.990. The van der Waals surface area contributed by atoms with E-state index in [9.17, 15) is 4.79 Å². The Morgan fingerprint density at radius 2 is 2.33 bits per heavy atom. The molecule has 1 atom stereocenters. The summed E-state index contributed by atoms with van der Waals surface area (Å²) in [5, 5.41) is 3.20. The van der Waals surface area contributed by atoms with Gasteiger partial charge >= 0.3 is 0 Å². The molecule has 0 fully saturated rings. The Labute approximate surface area is 107 Å². The van der Waals surface area contributed by atoms with E-state index >= 15 is 0 Å². The van der Waals surface area contributed by atoms with Crippen LogP contribution in [-0.4, -0.2) is 30.6 Å². The van der Waals surface area contributed by atoms with Crippen LogP contribution in [0.4, 0.5) is 11.5 Å². The summed E-state index contributed by atoms with van der Waals surface area (Å²) in [5.74, 6) is 0.0187. The van der Waals surface area contributed by atoms with Crippen molar-refractivity contribution >= 4 is 17.4 Å². The molecule has 0 saturated carbocycles. The van der Waals surface area contributed by atoms with Gasteiger partial charge in [-0.15, -0.1) is 0 Å². The van der Waals surface area contributed by atoms with Crippen LogP contribution in [0.2, 0.25) is 0 Å². The zero-order valence-electron chi connectivity index (χ0n) is 10.8. The van der Waals surface area contributed by atoms with Crippen LogP contribution in [0.3, 0.4) is 0 Å². The Morgan fingerprint density at radius 1 is 1.61 bits per heavy atom. The van der Waals surface area contributed by atoms with Crippen LogP contribution in [0.15, 0.2) is 12.3 Å². The van der Waals surface area contributed by atoms with Crippen molar-refractivity contribution in [1.82, 2.24) is 4.98 Å². The van der Waals surface area contributed by atoms with E-state index in [1.165, 1.54) is 6.20 Å². The van der Waals surface area contributed by atoms with Crippen molar-refractivity contribution in [2.24, 2.45) is 5.73 Å².